The maximum atomic E-state index is 12.9. The van der Waals surface area contributed by atoms with E-state index < -0.39 is 65.5 Å². The normalized spacial score (nSPS) is 12.8. The second kappa shape index (κ2) is 18.6. The predicted octanol–water partition coefficient (Wildman–Crippen LogP) is 9.06. The summed E-state index contributed by atoms with van der Waals surface area (Å²) in [5.41, 5.74) is 1.60. The summed E-state index contributed by atoms with van der Waals surface area (Å²) in [6, 6.07) is 13.8. The van der Waals surface area contributed by atoms with Crippen LogP contribution in [0.25, 0.3) is 25.6 Å². The van der Waals surface area contributed by atoms with E-state index in [1.54, 1.807) is 41.5 Å². The number of nitriles is 1. The van der Waals surface area contributed by atoms with Gasteiger partial charge in [0.15, 0.2) is 16.8 Å². The standard InChI is InChI=1S/C46H44N10O12S6/c1-21-15-24(4)39(73(63,64)65)26(6)36(21)51-42-37(52-53-43-30(20-47)41(46(8,9)10)54-56(43)45-49-32-14-12-29(72(60,61)62)19-34(32)70-45)22(2)17-35(50-42)55(38-23(3)16-25(5)40(27(38)7)74(66,67)68)44-48-31-13-11-28(71(57,58)59)18-33(31)69-44/h11-19H,1-10H3,(H,50,51)(H,57,58,59)(H,60,61,62)(H,63,64,65)(H,66,67,68)/p-4. The van der Waals surface area contributed by atoms with E-state index in [4.69, 9.17) is 15.1 Å². The van der Waals surface area contributed by atoms with E-state index in [1.165, 1.54) is 73.7 Å². The van der Waals surface area contributed by atoms with Crippen LogP contribution in [0.5, 0.6) is 0 Å². The molecule has 0 aliphatic carbocycles. The van der Waals surface area contributed by atoms with Crippen molar-refractivity contribution in [2.45, 2.75) is 94.2 Å². The topological polar surface area (TPSA) is 349 Å². The third kappa shape index (κ3) is 10.0. The van der Waals surface area contributed by atoms with Crippen LogP contribution < -0.4 is 10.2 Å². The third-order valence-corrected chi connectivity index (χ3v) is 17.6. The highest BCUT2D eigenvalue weighted by Gasteiger charge is 2.31. The van der Waals surface area contributed by atoms with Crippen LogP contribution in [0.2, 0.25) is 0 Å². The molecule has 4 aromatic carbocycles. The summed E-state index contributed by atoms with van der Waals surface area (Å²) in [6.45, 7) is 16.0. The SMILES string of the molecule is Cc1cc(N(c2nc3ccc(S(=O)(=O)[O-])cc3s2)c2c(C)cc(C)c(S(=O)(=O)[O-])c2C)nc(Nc2c(C)cc(C)c(S(=O)(=O)[O-])c2C)c1N=Nc1c(C#N)c(C(C)(C)C)nn1-c1nc2ccc(S(=O)(=O)[O-])cc2s1. The molecule has 74 heavy (non-hydrogen) atoms. The summed E-state index contributed by atoms with van der Waals surface area (Å²) >= 11 is 1.85. The Balaban J connectivity index is 1.44. The lowest BCUT2D eigenvalue weighted by atomic mass is 9.90. The fraction of sp³-hybridized carbons (Fsp3) is 0.239. The van der Waals surface area contributed by atoms with E-state index >= 15 is 0 Å². The fourth-order valence-electron chi connectivity index (χ4n) is 8.68. The molecule has 0 amide bonds. The van der Waals surface area contributed by atoms with Gasteiger partial charge in [0.2, 0.25) is 5.13 Å². The lowest BCUT2D eigenvalue weighted by Crippen LogP contribution is -2.17. The number of aromatic nitrogens is 5. The molecule has 4 aromatic heterocycles. The van der Waals surface area contributed by atoms with E-state index in [0.717, 1.165) is 40.9 Å². The molecule has 8 rings (SSSR count). The molecule has 8 aromatic rings. The van der Waals surface area contributed by atoms with Gasteiger partial charge < -0.3 is 23.5 Å². The van der Waals surface area contributed by atoms with Gasteiger partial charge in [-0.05, 0) is 130 Å². The summed E-state index contributed by atoms with van der Waals surface area (Å²) in [4.78, 5) is 13.7. The van der Waals surface area contributed by atoms with Gasteiger partial charge in [0.1, 0.15) is 63.6 Å². The van der Waals surface area contributed by atoms with Crippen molar-refractivity contribution in [3.63, 3.8) is 0 Å². The van der Waals surface area contributed by atoms with Gasteiger partial charge in [-0.2, -0.15) is 15.0 Å². The second-order valence-electron chi connectivity index (χ2n) is 18.2. The van der Waals surface area contributed by atoms with Crippen molar-refractivity contribution in [1.82, 2.24) is 24.7 Å². The molecule has 1 N–H and O–H groups in total. The number of nitrogens with one attached hydrogen (secondary N) is 1. The fourth-order valence-corrected chi connectivity index (χ4v) is 13.7. The average Bonchev–Trinajstić information content (AvgIpc) is 3.98. The average molecular weight is 1120 g/mol. The lowest BCUT2D eigenvalue weighted by molar-refractivity contribution is 0.459. The number of benzene rings is 4. The Morgan fingerprint density at radius 1 is 0.649 bits per heavy atom. The number of pyridine rings is 1. The Morgan fingerprint density at radius 2 is 1.19 bits per heavy atom. The van der Waals surface area contributed by atoms with E-state index in [2.05, 4.69) is 26.6 Å². The Labute approximate surface area is 433 Å². The molecule has 0 saturated heterocycles. The quantitative estimate of drug-likeness (QED) is 0.0880. The maximum absolute atomic E-state index is 12.9. The van der Waals surface area contributed by atoms with Crippen LogP contribution in [0, 0.1) is 59.8 Å². The highest BCUT2D eigenvalue weighted by atomic mass is 32.2. The highest BCUT2D eigenvalue weighted by molar-refractivity contribution is 7.86. The van der Waals surface area contributed by atoms with Crippen molar-refractivity contribution < 1.29 is 51.9 Å². The number of hydrogen-bond acceptors (Lipinski definition) is 23. The van der Waals surface area contributed by atoms with Gasteiger partial charge >= 0.3 is 0 Å². The summed E-state index contributed by atoms with van der Waals surface area (Å²) in [5.74, 6) is -0.336. The summed E-state index contributed by atoms with van der Waals surface area (Å²) < 4.78 is 151. The highest BCUT2D eigenvalue weighted by Crippen LogP contribution is 2.47. The summed E-state index contributed by atoms with van der Waals surface area (Å²) in [5, 5.41) is 28.0. The molecule has 386 valence electrons. The van der Waals surface area contributed by atoms with E-state index in [-0.39, 0.29) is 94.1 Å². The molecule has 4 heterocycles. The van der Waals surface area contributed by atoms with Crippen molar-refractivity contribution in [2.24, 2.45) is 10.2 Å². The number of thiazole rings is 2. The molecule has 0 saturated carbocycles. The molecule has 0 unspecified atom stereocenters. The molecule has 0 radical (unpaired) electrons. The molecule has 0 atom stereocenters. The number of azo groups is 1. The van der Waals surface area contributed by atoms with E-state index in [1.807, 2.05) is 0 Å². The van der Waals surface area contributed by atoms with Gasteiger partial charge in [-0.3, -0.25) is 4.90 Å². The molecular weight excluding hydrogens is 1080 g/mol. The molecule has 28 heteroatoms. The molecule has 22 nitrogen and oxygen atoms in total. The molecule has 0 fully saturated rings. The van der Waals surface area contributed by atoms with Crippen molar-refractivity contribution in [3.8, 4) is 11.2 Å². The number of hydrogen-bond donors (Lipinski definition) is 1. The third-order valence-electron chi connectivity index (χ3n) is 11.7. The summed E-state index contributed by atoms with van der Waals surface area (Å²) in [6.07, 6.45) is 0. The zero-order chi connectivity index (χ0) is 54.5. The number of rotatable bonds is 12. The first-order valence-electron chi connectivity index (χ1n) is 21.6. The van der Waals surface area contributed by atoms with Crippen molar-refractivity contribution in [3.05, 3.63) is 105 Å². The zero-order valence-electron chi connectivity index (χ0n) is 40.6. The first kappa shape index (κ1) is 53.6. The lowest BCUT2D eigenvalue weighted by Gasteiger charge is -2.29. The minimum atomic E-state index is -5.13. The van der Waals surface area contributed by atoms with Crippen LogP contribution >= 0.6 is 22.7 Å². The van der Waals surface area contributed by atoms with Crippen LogP contribution in [0.15, 0.2) is 84.4 Å². The Morgan fingerprint density at radius 3 is 1.73 bits per heavy atom. The number of nitrogens with zero attached hydrogens (tertiary/aromatic N) is 9. The van der Waals surface area contributed by atoms with Gasteiger partial charge in [0.25, 0.3) is 0 Å². The molecule has 0 aliphatic heterocycles. The van der Waals surface area contributed by atoms with Gasteiger partial charge in [-0.1, -0.05) is 55.6 Å². The van der Waals surface area contributed by atoms with Gasteiger partial charge in [0, 0.05) is 11.1 Å². The van der Waals surface area contributed by atoms with Crippen molar-refractivity contribution >= 4 is 123 Å². The van der Waals surface area contributed by atoms with E-state index in [0.29, 0.717) is 21.3 Å². The Kier molecular flexibility index (Phi) is 13.5. The van der Waals surface area contributed by atoms with Crippen LogP contribution in [0.1, 0.15) is 71.0 Å². The largest absolute Gasteiger partial charge is 0.744 e. The van der Waals surface area contributed by atoms with Gasteiger partial charge in [-0.15, -0.1) is 10.2 Å². The van der Waals surface area contributed by atoms with Crippen LogP contribution in [0.4, 0.5) is 39.6 Å². The Hall–Kier alpha value is -6.65. The minimum absolute atomic E-state index is 0.0105. The zero-order valence-corrected chi connectivity index (χ0v) is 45.5. The second-order valence-corrected chi connectivity index (χ2v) is 25.6. The smallest absolute Gasteiger partial charge is 0.213 e. The molecular formula is C46H40N10O12S6-4. The summed E-state index contributed by atoms with van der Waals surface area (Å²) in [7, 11) is -20.0. The molecule has 0 aliphatic rings. The number of anilines is 5. The van der Waals surface area contributed by atoms with E-state index in [9.17, 15) is 57.1 Å². The minimum Gasteiger partial charge on any atom is -0.744 e. The number of aryl methyl sites for hydroxylation is 5. The van der Waals surface area contributed by atoms with Crippen LogP contribution in [-0.4, -0.2) is 76.6 Å². The van der Waals surface area contributed by atoms with Gasteiger partial charge in [0.05, 0.1) is 51.4 Å². The van der Waals surface area contributed by atoms with Gasteiger partial charge in [-0.25, -0.2) is 48.6 Å². The molecule has 0 spiro atoms. The first-order valence-corrected chi connectivity index (χ1v) is 28.9. The Bertz CT molecular complexity index is 4270. The number of fused-ring (bicyclic) bond motifs is 2. The van der Waals surface area contributed by atoms with Crippen LogP contribution in [0.3, 0.4) is 0 Å². The molecule has 0 bridgehead atoms. The monoisotopic (exact) mass is 1120 g/mol. The van der Waals surface area contributed by atoms with Crippen molar-refractivity contribution in [2.75, 3.05) is 10.2 Å². The van der Waals surface area contributed by atoms with Crippen LogP contribution in [-0.2, 0) is 45.9 Å². The maximum Gasteiger partial charge on any atom is 0.213 e. The predicted molar refractivity (Wildman–Crippen MR) is 271 cm³/mol. The first-order chi connectivity index (χ1) is 34.2. The van der Waals surface area contributed by atoms with Crippen molar-refractivity contribution in [1.29, 1.82) is 5.26 Å².